The first-order chi connectivity index (χ1) is 65.9. The van der Waals surface area contributed by atoms with Crippen LogP contribution in [0.2, 0.25) is 0 Å². The molecule has 0 N–H and O–H groups in total. The van der Waals surface area contributed by atoms with Crippen LogP contribution in [0, 0.1) is 54.6 Å². The molecule has 6 aliphatic rings. The zero-order valence-electron chi connectivity index (χ0n) is 77.4. The molecule has 0 fully saturated rings. The molecule has 670 valence electrons. The summed E-state index contributed by atoms with van der Waals surface area (Å²) in [6.45, 7) is 19.8. The van der Waals surface area contributed by atoms with Crippen molar-refractivity contribution in [2.24, 2.45) is 0 Å². The Balaban J connectivity index is 0.000000127. The minimum Gasteiger partial charge on any atom is -0.503 e. The summed E-state index contributed by atoms with van der Waals surface area (Å²) in [5.41, 5.74) is 38.8. The Morgan fingerprint density at radius 1 is 0.225 bits per heavy atom. The summed E-state index contributed by atoms with van der Waals surface area (Å²) in [4.78, 5) is 23.9. The van der Waals surface area contributed by atoms with Gasteiger partial charge in [0, 0.05) is 75.6 Å². The summed E-state index contributed by atoms with van der Waals surface area (Å²) in [5, 5.41) is 0. The van der Waals surface area contributed by atoms with Crippen molar-refractivity contribution in [1.29, 1.82) is 0 Å². The Hall–Kier alpha value is -13.8. The van der Waals surface area contributed by atoms with Crippen LogP contribution in [0.5, 0.6) is 23.0 Å². The maximum absolute atomic E-state index is 6.61. The molecule has 0 atom stereocenters. The van der Waals surface area contributed by atoms with Crippen LogP contribution in [0.3, 0.4) is 0 Å². The van der Waals surface area contributed by atoms with Crippen molar-refractivity contribution in [3.05, 3.63) is 448 Å². The Kier molecular flexibility index (Phi) is 25.0. The van der Waals surface area contributed by atoms with E-state index < -0.39 is 0 Å². The Morgan fingerprint density at radius 3 is 0.797 bits per heavy atom. The fourth-order valence-corrected chi connectivity index (χ4v) is 19.9. The second-order valence-electron chi connectivity index (χ2n) is 38.1. The molecule has 9 heterocycles. The van der Waals surface area contributed by atoms with Gasteiger partial charge in [0.05, 0.1) is 0 Å². The average Bonchev–Trinajstić information content (AvgIpc) is 0.691. The van der Waals surface area contributed by atoms with Crippen molar-refractivity contribution in [2.75, 3.05) is 19.6 Å². The van der Waals surface area contributed by atoms with Crippen LogP contribution in [-0.2, 0) is 83.4 Å². The standard InChI is InChI=1S/C45H33BN3.2C39H28BN2O.3Au/c1-45(2,3)34-26-27-47-39(30-34)33-23-25-41-38(29-33)46-37-28-32(31-14-7-4-8-15-31)22-24-40(37)48(35-16-9-5-10-17-35)42-20-13-21-43(44(42)46)49(41)36-18-11-6-12-19-36;1-39(2,3)29-21-22-41-33(25-29)28-17-19-34-31(24-28)40-32-23-27(26-11-6-4-7-12-26)18-20-36(32)43-37-16-10-15-35(38(37)40)42(34)30-13-8-5-9-14-30;1-39(2,3)29-21-22-41-33(25-29)28-18-20-36-32(24-28)40-31-23-27(26-11-6-4-7-12-26)17-19-34(31)42(30-13-8-5-9-14-30)35-15-10-16-37(43-36)38(35)40;;;/h4-14,16-27,30H,1-3H3;2*4-11,13-22,25H,1-3H3;;;/q3*-3;3*+3. The smallest absolute Gasteiger partial charge is 0.503 e. The third-order valence-corrected chi connectivity index (χ3v) is 26.6. The van der Waals surface area contributed by atoms with Gasteiger partial charge in [0.2, 0.25) is 20.1 Å². The van der Waals surface area contributed by atoms with E-state index in [2.05, 4.69) is 446 Å². The topological polar surface area (TPSA) is 70.1 Å². The Bertz CT molecular complexity index is 7750. The van der Waals surface area contributed by atoms with Gasteiger partial charge in [-0.25, -0.2) is 33.4 Å². The number of para-hydroxylation sites is 4. The van der Waals surface area contributed by atoms with Crippen molar-refractivity contribution in [1.82, 2.24) is 15.0 Å². The molecule has 6 aliphatic heterocycles. The first kappa shape index (κ1) is 91.9. The van der Waals surface area contributed by atoms with E-state index in [1.807, 2.05) is 67.1 Å². The normalized spacial score (nSPS) is 12.8. The van der Waals surface area contributed by atoms with Gasteiger partial charge in [-0.1, -0.05) is 172 Å². The fourth-order valence-electron chi connectivity index (χ4n) is 19.9. The van der Waals surface area contributed by atoms with Gasteiger partial charge in [-0.15, -0.1) is 140 Å². The number of benzene rings is 16. The predicted molar refractivity (Wildman–Crippen MR) is 557 cm³/mol. The van der Waals surface area contributed by atoms with Crippen molar-refractivity contribution < 1.29 is 76.6 Å². The van der Waals surface area contributed by atoms with Crippen LogP contribution in [0.4, 0.5) is 68.2 Å². The molecule has 16 aromatic carbocycles. The van der Waals surface area contributed by atoms with Gasteiger partial charge in [0.1, 0.15) is 11.5 Å². The molecule has 15 heteroatoms. The second-order valence-corrected chi connectivity index (χ2v) is 38.1. The molecule has 0 saturated carbocycles. The maximum atomic E-state index is 6.61. The molecule has 0 unspecified atom stereocenters. The third-order valence-electron chi connectivity index (χ3n) is 26.6. The van der Waals surface area contributed by atoms with E-state index in [0.717, 1.165) is 202 Å². The summed E-state index contributed by atoms with van der Waals surface area (Å²) in [6.07, 6.45) is 5.74. The summed E-state index contributed by atoms with van der Waals surface area (Å²) in [7, 11) is 0. The summed E-state index contributed by atoms with van der Waals surface area (Å²) in [6, 6.07) is 158. The molecular weight excluding hydrogens is 2230 g/mol. The average molecular weight is 2320 g/mol. The molecule has 0 bridgehead atoms. The van der Waals surface area contributed by atoms with E-state index in [-0.39, 0.29) is 104 Å². The first-order valence-electron chi connectivity index (χ1n) is 46.2. The maximum Gasteiger partial charge on any atom is 3.00 e. The molecule has 0 aliphatic carbocycles. The zero-order valence-corrected chi connectivity index (χ0v) is 83.9. The van der Waals surface area contributed by atoms with Crippen molar-refractivity contribution in [3.8, 4) is 90.2 Å². The monoisotopic (exact) mass is 2320 g/mol. The van der Waals surface area contributed by atoms with E-state index in [1.54, 1.807) is 0 Å². The molecule has 0 saturated heterocycles. The molecule has 9 nitrogen and oxygen atoms in total. The van der Waals surface area contributed by atoms with Crippen molar-refractivity contribution in [3.63, 3.8) is 0 Å². The molecule has 0 amide bonds. The van der Waals surface area contributed by atoms with E-state index in [0.29, 0.717) is 0 Å². The van der Waals surface area contributed by atoms with Crippen LogP contribution in [0.15, 0.2) is 377 Å². The van der Waals surface area contributed by atoms with Gasteiger partial charge < -0.3 is 44.0 Å². The molecule has 19 aromatic rings. The molecule has 3 aromatic heterocycles. The van der Waals surface area contributed by atoms with Gasteiger partial charge in [-0.2, -0.15) is 109 Å². The van der Waals surface area contributed by atoms with Gasteiger partial charge in [-0.3, -0.25) is 0 Å². The summed E-state index contributed by atoms with van der Waals surface area (Å²) in [5.74, 6) is 3.36. The summed E-state index contributed by atoms with van der Waals surface area (Å²) < 4.78 is 13.2. The predicted octanol–water partition coefficient (Wildman–Crippen LogP) is 24.2. The van der Waals surface area contributed by atoms with E-state index in [4.69, 9.17) is 24.4 Å². The molecule has 138 heavy (non-hydrogen) atoms. The first-order valence-corrected chi connectivity index (χ1v) is 46.2. The molecule has 0 radical (unpaired) electrons. The van der Waals surface area contributed by atoms with Crippen LogP contribution >= 0.6 is 0 Å². The number of fused-ring (bicyclic) bond motifs is 12. The SMILES string of the molecule is CC(C)(C)c1ccnc(-c2[c-]c3c(cc2)N(c2ccccc2)c2cccc4c2B3c2[c-]c(-c3[c-]cccc3)ccc2N4c2ccccc2)c1.CC(C)(C)c1ccnc(-c2[c-]c3c(cc2)N(c2ccccc2)c2cccc4c2B3c2[c-]c(-c3[c-]cccc3)ccc2O4)c1.CC(C)(C)c1ccnc(-c2[c-]c3c(cc2)Oc2cccc4c2B3c2[c-]c(-c3[c-]cccc3)ccc2N4c2ccccc2)c1.[Au+3].[Au+3].[Au+3]. The molecule has 0 spiro atoms. The van der Waals surface area contributed by atoms with Crippen molar-refractivity contribution in [2.45, 2.75) is 78.6 Å². The minimum atomic E-state index is -0.112. The van der Waals surface area contributed by atoms with Gasteiger partial charge in [0.25, 0.3) is 0 Å². The van der Waals surface area contributed by atoms with E-state index in [1.165, 1.54) is 22.2 Å². The number of anilines is 12. The minimum absolute atomic E-state index is 0. The van der Waals surface area contributed by atoms with E-state index >= 15 is 0 Å². The number of aromatic nitrogens is 3. The van der Waals surface area contributed by atoms with E-state index in [9.17, 15) is 0 Å². The van der Waals surface area contributed by atoms with Gasteiger partial charge in [0.15, 0.2) is 0 Å². The quantitative estimate of drug-likeness (QED) is 0.0984. The van der Waals surface area contributed by atoms with Crippen LogP contribution in [0.25, 0.3) is 67.2 Å². The third kappa shape index (κ3) is 16.9. The van der Waals surface area contributed by atoms with Crippen molar-refractivity contribution >= 4 is 138 Å². The second kappa shape index (κ2) is 37.6. The fraction of sp³-hybridized carbons (Fsp3) is 0.0976. The Morgan fingerprint density at radius 2 is 0.486 bits per heavy atom. The number of ether oxygens (including phenoxy) is 2. The van der Waals surface area contributed by atoms with Crippen LogP contribution < -0.4 is 78.2 Å². The number of hydrogen-bond acceptors (Lipinski definition) is 9. The number of rotatable bonds is 10. The summed E-state index contributed by atoms with van der Waals surface area (Å²) >= 11 is 0. The van der Waals surface area contributed by atoms with Crippen LogP contribution in [0.1, 0.15) is 79.0 Å². The van der Waals surface area contributed by atoms with Gasteiger partial charge >= 0.3 is 67.1 Å². The number of pyridine rings is 3. The number of hydrogen-bond donors (Lipinski definition) is 0. The number of nitrogens with zero attached hydrogens (tertiary/aromatic N) is 7. The van der Waals surface area contributed by atoms with Gasteiger partial charge in [-0.05, 0) is 192 Å². The molecular formula is C123H89Au3B3N7O2. The zero-order chi connectivity index (χ0) is 91.4. The van der Waals surface area contributed by atoms with Crippen LogP contribution in [-0.4, -0.2) is 35.1 Å². The Labute approximate surface area is 857 Å². The largest absolute Gasteiger partial charge is 3.00 e. The molecule has 25 rings (SSSR count).